The Kier molecular flexibility index (Phi) is 7.20. The normalized spacial score (nSPS) is 12.8. The molecule has 2 aromatic heterocycles. The van der Waals surface area contributed by atoms with Gasteiger partial charge in [-0.2, -0.15) is 4.98 Å². The van der Waals surface area contributed by atoms with Crippen LogP contribution in [0.5, 0.6) is 0 Å². The summed E-state index contributed by atoms with van der Waals surface area (Å²) in [6, 6.07) is 0. The van der Waals surface area contributed by atoms with Crippen molar-refractivity contribution < 1.29 is 9.84 Å². The van der Waals surface area contributed by atoms with Crippen LogP contribution in [0.2, 0.25) is 0 Å². The molecule has 0 amide bonds. The van der Waals surface area contributed by atoms with Crippen molar-refractivity contribution in [3.8, 4) is 0 Å². The second kappa shape index (κ2) is 9.39. The van der Waals surface area contributed by atoms with Gasteiger partial charge in [-0.25, -0.2) is 4.98 Å². The number of anilines is 1. The second-order valence-electron chi connectivity index (χ2n) is 5.99. The lowest BCUT2D eigenvalue weighted by Crippen LogP contribution is -2.20. The Labute approximate surface area is 141 Å². The average molecular weight is 337 g/mol. The summed E-state index contributed by atoms with van der Waals surface area (Å²) in [4.78, 5) is 22.2. The monoisotopic (exact) mass is 337 g/mol. The van der Waals surface area contributed by atoms with Gasteiger partial charge in [-0.15, -0.1) is 0 Å². The van der Waals surface area contributed by atoms with Crippen LogP contribution < -0.4 is 11.3 Å². The summed E-state index contributed by atoms with van der Waals surface area (Å²) in [7, 11) is 0. The number of unbranched alkanes of at least 4 members (excludes halogenated alkanes) is 5. The van der Waals surface area contributed by atoms with E-state index in [4.69, 9.17) is 10.5 Å². The Morgan fingerprint density at radius 2 is 2.08 bits per heavy atom. The van der Waals surface area contributed by atoms with Crippen LogP contribution in [-0.4, -0.2) is 37.3 Å². The second-order valence-corrected chi connectivity index (χ2v) is 5.99. The maximum absolute atomic E-state index is 11.7. The summed E-state index contributed by atoms with van der Waals surface area (Å²) in [6.45, 7) is 2.34. The van der Waals surface area contributed by atoms with Gasteiger partial charge in [0.1, 0.15) is 6.73 Å². The Morgan fingerprint density at radius 1 is 1.33 bits per heavy atom. The minimum atomic E-state index is -0.373. The van der Waals surface area contributed by atoms with Crippen molar-refractivity contribution in [1.29, 1.82) is 0 Å². The van der Waals surface area contributed by atoms with Gasteiger partial charge in [0, 0.05) is 0 Å². The smallest absolute Gasteiger partial charge is 0.280 e. The van der Waals surface area contributed by atoms with Crippen LogP contribution >= 0.6 is 0 Å². The zero-order valence-corrected chi connectivity index (χ0v) is 14.2. The number of aliphatic hydroxyl groups excluding tert-OH is 1. The topological polar surface area (TPSA) is 119 Å². The van der Waals surface area contributed by atoms with E-state index in [0.29, 0.717) is 5.65 Å². The van der Waals surface area contributed by atoms with Gasteiger partial charge in [-0.05, 0) is 6.42 Å². The highest BCUT2D eigenvalue weighted by molar-refractivity contribution is 5.70. The largest absolute Gasteiger partial charge is 0.394 e. The zero-order chi connectivity index (χ0) is 17.4. The number of rotatable bonds is 11. The number of hydrogen-bond acceptors (Lipinski definition) is 6. The molecule has 1 atom stereocenters. The molecule has 0 saturated carbocycles. The minimum absolute atomic E-state index is 0.0300. The van der Waals surface area contributed by atoms with Crippen LogP contribution in [0.15, 0.2) is 11.1 Å². The highest BCUT2D eigenvalue weighted by Gasteiger charge is 2.12. The number of aromatic nitrogens is 4. The molecule has 0 aromatic carbocycles. The number of ether oxygens (including phenoxy) is 1. The van der Waals surface area contributed by atoms with Gasteiger partial charge in [0.15, 0.2) is 11.2 Å². The van der Waals surface area contributed by atoms with E-state index >= 15 is 0 Å². The highest BCUT2D eigenvalue weighted by Crippen LogP contribution is 2.12. The molecule has 2 rings (SSSR count). The quantitative estimate of drug-likeness (QED) is 0.538. The van der Waals surface area contributed by atoms with Crippen molar-refractivity contribution in [1.82, 2.24) is 19.5 Å². The molecule has 0 aliphatic carbocycles. The number of nitrogens with two attached hydrogens (primary N) is 1. The molecule has 0 bridgehead atoms. The van der Waals surface area contributed by atoms with E-state index in [1.165, 1.54) is 32.0 Å². The number of aromatic amines is 1. The Bertz CT molecular complexity index is 682. The van der Waals surface area contributed by atoms with E-state index in [1.807, 2.05) is 0 Å². The van der Waals surface area contributed by atoms with Crippen LogP contribution in [0, 0.1) is 0 Å². The molecule has 0 radical (unpaired) electrons. The molecule has 8 nitrogen and oxygen atoms in total. The molecule has 1 unspecified atom stereocenters. The van der Waals surface area contributed by atoms with Gasteiger partial charge in [0.05, 0.1) is 19.0 Å². The Morgan fingerprint density at radius 3 is 2.83 bits per heavy atom. The summed E-state index contributed by atoms with van der Waals surface area (Å²) in [5.41, 5.74) is 5.80. The molecule has 4 N–H and O–H groups in total. The fourth-order valence-corrected chi connectivity index (χ4v) is 2.63. The fraction of sp³-hybridized carbons (Fsp3) is 0.688. The number of aliphatic hydroxyl groups is 1. The van der Waals surface area contributed by atoms with Crippen LogP contribution in [0.1, 0.15) is 51.9 Å². The highest BCUT2D eigenvalue weighted by atomic mass is 16.5. The molecule has 2 aromatic rings. The molecule has 0 spiro atoms. The Balaban J connectivity index is 1.84. The summed E-state index contributed by atoms with van der Waals surface area (Å²) in [5.74, 6) is 0.0417. The van der Waals surface area contributed by atoms with Crippen molar-refractivity contribution in [2.24, 2.45) is 0 Å². The molecular weight excluding hydrogens is 310 g/mol. The first-order valence-electron chi connectivity index (χ1n) is 8.58. The standard InChI is InChI=1S/C16H27N5O3/c1-2-3-4-5-6-7-8-12(9-22)24-11-21-10-18-13-14(21)19-16(17)20-15(13)23/h10,12,22H,2-9,11H2,1H3,(H3,17,19,20,23). The van der Waals surface area contributed by atoms with E-state index < -0.39 is 0 Å². The van der Waals surface area contributed by atoms with Crippen molar-refractivity contribution in [3.63, 3.8) is 0 Å². The summed E-state index contributed by atoms with van der Waals surface area (Å²) >= 11 is 0. The van der Waals surface area contributed by atoms with Crippen LogP contribution in [-0.2, 0) is 11.5 Å². The minimum Gasteiger partial charge on any atom is -0.394 e. The third kappa shape index (κ3) is 5.04. The van der Waals surface area contributed by atoms with E-state index in [0.717, 1.165) is 19.3 Å². The first-order valence-corrected chi connectivity index (χ1v) is 8.58. The lowest BCUT2D eigenvalue weighted by molar-refractivity contribution is -0.0275. The van der Waals surface area contributed by atoms with Gasteiger partial charge in [0.2, 0.25) is 5.95 Å². The van der Waals surface area contributed by atoms with Gasteiger partial charge in [-0.1, -0.05) is 45.4 Å². The molecule has 8 heteroatoms. The van der Waals surface area contributed by atoms with Gasteiger partial charge in [-0.3, -0.25) is 14.3 Å². The lowest BCUT2D eigenvalue weighted by Gasteiger charge is -2.16. The van der Waals surface area contributed by atoms with Crippen molar-refractivity contribution in [2.75, 3.05) is 12.3 Å². The number of fused-ring (bicyclic) bond motifs is 1. The van der Waals surface area contributed by atoms with Gasteiger partial charge >= 0.3 is 0 Å². The summed E-state index contributed by atoms with van der Waals surface area (Å²) in [6.07, 6.45) is 9.27. The van der Waals surface area contributed by atoms with E-state index in [2.05, 4.69) is 21.9 Å². The first-order chi connectivity index (χ1) is 11.7. The maximum atomic E-state index is 11.7. The molecule has 0 aliphatic heterocycles. The number of H-pyrrole nitrogens is 1. The van der Waals surface area contributed by atoms with E-state index in [9.17, 15) is 9.90 Å². The fourth-order valence-electron chi connectivity index (χ4n) is 2.63. The third-order valence-electron chi connectivity index (χ3n) is 4.03. The molecular formula is C16H27N5O3. The van der Waals surface area contributed by atoms with Crippen molar-refractivity contribution in [3.05, 3.63) is 16.7 Å². The molecule has 0 aliphatic rings. The van der Waals surface area contributed by atoms with Crippen LogP contribution in [0.4, 0.5) is 5.95 Å². The zero-order valence-electron chi connectivity index (χ0n) is 14.2. The van der Waals surface area contributed by atoms with Crippen LogP contribution in [0.3, 0.4) is 0 Å². The number of nitrogen functional groups attached to an aromatic ring is 1. The third-order valence-corrected chi connectivity index (χ3v) is 4.03. The number of nitrogens with one attached hydrogen (secondary N) is 1. The van der Waals surface area contributed by atoms with Gasteiger partial charge < -0.3 is 15.6 Å². The van der Waals surface area contributed by atoms with E-state index in [1.54, 1.807) is 4.57 Å². The molecule has 0 saturated heterocycles. The number of nitrogens with zero attached hydrogens (tertiary/aromatic N) is 3. The van der Waals surface area contributed by atoms with Crippen LogP contribution in [0.25, 0.3) is 11.2 Å². The van der Waals surface area contributed by atoms with Crippen molar-refractivity contribution in [2.45, 2.75) is 64.7 Å². The SMILES string of the molecule is CCCCCCCCC(CO)OCn1cnc2c(=O)[nH]c(N)nc21. The number of imidazole rings is 1. The molecule has 0 fully saturated rings. The molecule has 24 heavy (non-hydrogen) atoms. The van der Waals surface area contributed by atoms with Crippen molar-refractivity contribution >= 4 is 17.1 Å². The van der Waals surface area contributed by atoms with Gasteiger partial charge in [0.25, 0.3) is 5.56 Å². The van der Waals surface area contributed by atoms with E-state index in [-0.39, 0.29) is 36.5 Å². The summed E-state index contributed by atoms with van der Waals surface area (Å²) in [5, 5.41) is 9.46. The number of hydrogen-bond donors (Lipinski definition) is 3. The predicted molar refractivity (Wildman–Crippen MR) is 92.5 cm³/mol. The first kappa shape index (κ1) is 18.4. The summed E-state index contributed by atoms with van der Waals surface area (Å²) < 4.78 is 7.35. The lowest BCUT2D eigenvalue weighted by atomic mass is 10.1. The average Bonchev–Trinajstić information content (AvgIpc) is 2.96. The Hall–Kier alpha value is -1.93. The molecule has 2 heterocycles. The maximum Gasteiger partial charge on any atom is 0.280 e. The predicted octanol–water partition coefficient (Wildman–Crippen LogP) is 1.79. The molecule has 134 valence electrons.